The number of rotatable bonds is 8. The highest BCUT2D eigenvalue weighted by atomic mass is 16.7. The van der Waals surface area contributed by atoms with Gasteiger partial charge in [-0.2, -0.15) is 0 Å². The SMILES string of the molecule is CC[C@H]1OC(=O)[C@H](C)[C@@H](O[C@H]2C[C@@](C)(OC)[C@@H](O)[C@H](C)O2)[C@H](C)[C@@H](O[C@@H]2O[C@H](C)C[C@H](N(C)C)[C@H]2O)[C@](C)(O)C[C@@H](C)[C@H](C=O)[C@H](C)[C@@H](O)[C@]1(C)O. The van der Waals surface area contributed by atoms with Crippen molar-refractivity contribution in [3.8, 4) is 0 Å². The first kappa shape index (κ1) is 45.1. The lowest BCUT2D eigenvalue weighted by Crippen LogP contribution is -2.61. The predicted octanol–water partition coefficient (Wildman–Crippen LogP) is 2.03. The molecule has 0 amide bonds. The van der Waals surface area contributed by atoms with Gasteiger partial charge in [-0.25, -0.2) is 0 Å². The Kier molecular flexibility index (Phi) is 15.3. The largest absolute Gasteiger partial charge is 0.459 e. The van der Waals surface area contributed by atoms with Gasteiger partial charge >= 0.3 is 5.97 Å². The van der Waals surface area contributed by atoms with Gasteiger partial charge in [0.05, 0.1) is 47.6 Å². The summed E-state index contributed by atoms with van der Waals surface area (Å²) >= 11 is 0. The van der Waals surface area contributed by atoms with Crippen LogP contribution >= 0.6 is 0 Å². The number of aliphatic hydroxyl groups excluding tert-OH is 3. The second-order valence-electron chi connectivity index (χ2n) is 16.9. The number of aliphatic hydroxyl groups is 5. The molecule has 5 N–H and O–H groups in total. The fourth-order valence-corrected chi connectivity index (χ4v) is 8.89. The maximum atomic E-state index is 14.1. The van der Waals surface area contributed by atoms with Crippen molar-refractivity contribution in [2.24, 2.45) is 29.6 Å². The van der Waals surface area contributed by atoms with Gasteiger partial charge in [-0.15, -0.1) is 0 Å². The van der Waals surface area contributed by atoms with Crippen molar-refractivity contribution in [2.75, 3.05) is 21.2 Å². The average molecular weight is 748 g/mol. The number of hydrogen-bond donors (Lipinski definition) is 5. The number of cyclic esters (lactones) is 1. The molecular weight excluding hydrogens is 678 g/mol. The summed E-state index contributed by atoms with van der Waals surface area (Å²) in [7, 11) is 5.20. The van der Waals surface area contributed by atoms with Crippen molar-refractivity contribution >= 4 is 12.3 Å². The summed E-state index contributed by atoms with van der Waals surface area (Å²) in [5, 5.41) is 58.1. The number of carbonyl (C=O) groups is 2. The summed E-state index contributed by atoms with van der Waals surface area (Å²) in [4.78, 5) is 28.7. The predicted molar refractivity (Wildman–Crippen MR) is 191 cm³/mol. The summed E-state index contributed by atoms with van der Waals surface area (Å²) in [6, 6.07) is -0.316. The third kappa shape index (κ3) is 9.55. The fraction of sp³-hybridized carbons (Fsp3) is 0.947. The molecule has 0 bridgehead atoms. The molecule has 3 heterocycles. The van der Waals surface area contributed by atoms with Crippen LogP contribution in [0.3, 0.4) is 0 Å². The molecule has 304 valence electrons. The van der Waals surface area contributed by atoms with E-state index in [2.05, 4.69) is 0 Å². The molecule has 0 aliphatic carbocycles. The monoisotopic (exact) mass is 747 g/mol. The van der Waals surface area contributed by atoms with Crippen molar-refractivity contribution in [3.05, 3.63) is 0 Å². The van der Waals surface area contributed by atoms with Crippen LogP contribution in [-0.4, -0.2) is 148 Å². The van der Waals surface area contributed by atoms with E-state index >= 15 is 0 Å². The second-order valence-corrected chi connectivity index (χ2v) is 16.9. The molecule has 0 unspecified atom stereocenters. The Hall–Kier alpha value is -1.30. The molecule has 0 aromatic carbocycles. The summed E-state index contributed by atoms with van der Waals surface area (Å²) in [6.45, 7) is 16.8. The van der Waals surface area contributed by atoms with Gasteiger partial charge in [0.15, 0.2) is 12.6 Å². The van der Waals surface area contributed by atoms with Crippen LogP contribution in [0, 0.1) is 29.6 Å². The van der Waals surface area contributed by atoms with Crippen LogP contribution in [-0.2, 0) is 38.0 Å². The Morgan fingerprint density at radius 1 is 0.923 bits per heavy atom. The first-order chi connectivity index (χ1) is 24.0. The number of likely N-dealkylation sites (N-methyl/N-ethyl adjacent to an activating group) is 1. The molecule has 3 fully saturated rings. The molecule has 0 aromatic rings. The third-order valence-electron chi connectivity index (χ3n) is 12.3. The molecule has 3 saturated heterocycles. The smallest absolute Gasteiger partial charge is 0.311 e. The first-order valence-electron chi connectivity index (χ1n) is 18.9. The minimum absolute atomic E-state index is 0.00620. The van der Waals surface area contributed by atoms with Crippen molar-refractivity contribution in [1.82, 2.24) is 4.90 Å². The third-order valence-corrected chi connectivity index (χ3v) is 12.3. The Bertz CT molecular complexity index is 1170. The minimum atomic E-state index is -1.93. The van der Waals surface area contributed by atoms with E-state index in [1.807, 2.05) is 25.9 Å². The maximum Gasteiger partial charge on any atom is 0.311 e. The van der Waals surface area contributed by atoms with Crippen LogP contribution < -0.4 is 0 Å². The Balaban J connectivity index is 2.21. The second kappa shape index (κ2) is 17.7. The zero-order valence-corrected chi connectivity index (χ0v) is 33.6. The van der Waals surface area contributed by atoms with Crippen molar-refractivity contribution in [1.29, 1.82) is 0 Å². The van der Waals surface area contributed by atoms with Crippen LogP contribution in [0.1, 0.15) is 94.9 Å². The van der Waals surface area contributed by atoms with Gasteiger partial charge in [-0.05, 0) is 86.7 Å². The van der Waals surface area contributed by atoms with Gasteiger partial charge < -0.3 is 63.6 Å². The van der Waals surface area contributed by atoms with Crippen molar-refractivity contribution in [3.63, 3.8) is 0 Å². The highest BCUT2D eigenvalue weighted by Gasteiger charge is 2.53. The topological polar surface area (TPSA) is 194 Å². The minimum Gasteiger partial charge on any atom is -0.459 e. The summed E-state index contributed by atoms with van der Waals surface area (Å²) in [6.07, 6.45) is -8.56. The van der Waals surface area contributed by atoms with Crippen LogP contribution in [0.15, 0.2) is 0 Å². The molecule has 3 aliphatic rings. The summed E-state index contributed by atoms with van der Waals surface area (Å²) < 4.78 is 37.3. The van der Waals surface area contributed by atoms with E-state index in [-0.39, 0.29) is 31.4 Å². The van der Waals surface area contributed by atoms with E-state index in [0.717, 1.165) is 6.29 Å². The van der Waals surface area contributed by atoms with E-state index in [0.29, 0.717) is 6.42 Å². The van der Waals surface area contributed by atoms with E-state index in [9.17, 15) is 35.1 Å². The zero-order valence-electron chi connectivity index (χ0n) is 33.6. The van der Waals surface area contributed by atoms with Crippen molar-refractivity contribution < 1.29 is 63.5 Å². The molecule has 52 heavy (non-hydrogen) atoms. The molecule has 3 aliphatic heterocycles. The normalized spacial score (nSPS) is 50.3. The van der Waals surface area contributed by atoms with Crippen molar-refractivity contribution in [2.45, 2.75) is 179 Å². The van der Waals surface area contributed by atoms with E-state index in [1.54, 1.807) is 55.4 Å². The first-order valence-corrected chi connectivity index (χ1v) is 18.9. The molecule has 0 aromatic heterocycles. The van der Waals surface area contributed by atoms with E-state index in [1.165, 1.54) is 14.0 Å². The summed E-state index contributed by atoms with van der Waals surface area (Å²) in [5.41, 5.74) is -4.71. The molecule has 0 radical (unpaired) electrons. The standard InChI is InChI=1S/C38H69NO13/c1-14-27-38(10,46)31(42)21(4)25(18-40)19(2)16-36(8,45)33(52-35-29(41)26(39(11)12)15-20(3)48-35)22(5)30(23(6)34(44)50-27)51-28-17-37(9,47-13)32(43)24(7)49-28/h18-33,35,41-43,45-46H,14-17H2,1-13H3/t19-,20-,21+,22+,23-,24+,25+,26+,27-,28+,29-,30+,31-,32+,33-,35+,36-,37-,38-/m1/s1. The molecule has 14 heteroatoms. The number of nitrogens with zero attached hydrogens (tertiary/aromatic N) is 1. The van der Waals surface area contributed by atoms with Gasteiger partial charge in [0, 0.05) is 31.4 Å². The van der Waals surface area contributed by atoms with Gasteiger partial charge in [-0.3, -0.25) is 4.79 Å². The fourth-order valence-electron chi connectivity index (χ4n) is 8.89. The van der Waals surface area contributed by atoms with Gasteiger partial charge in [0.2, 0.25) is 0 Å². The van der Waals surface area contributed by atoms with Crippen LogP contribution in [0.25, 0.3) is 0 Å². The highest BCUT2D eigenvalue weighted by Crippen LogP contribution is 2.42. The number of hydrogen-bond acceptors (Lipinski definition) is 14. The van der Waals surface area contributed by atoms with Gasteiger partial charge in [-0.1, -0.05) is 27.7 Å². The number of carbonyl (C=O) groups excluding carboxylic acids is 2. The van der Waals surface area contributed by atoms with Gasteiger partial charge in [0.1, 0.15) is 30.2 Å². The lowest BCUT2D eigenvalue weighted by Gasteiger charge is -2.49. The number of esters is 1. The maximum absolute atomic E-state index is 14.1. The quantitative estimate of drug-likeness (QED) is 0.179. The molecule has 0 saturated carbocycles. The number of ether oxygens (including phenoxy) is 6. The van der Waals surface area contributed by atoms with Crippen LogP contribution in [0.2, 0.25) is 0 Å². The van der Waals surface area contributed by atoms with E-state index in [4.69, 9.17) is 28.4 Å². The zero-order chi connectivity index (χ0) is 39.7. The molecule has 3 rings (SSSR count). The Labute approximate surface area is 310 Å². The lowest BCUT2D eigenvalue weighted by atomic mass is 9.70. The van der Waals surface area contributed by atoms with Crippen LogP contribution in [0.5, 0.6) is 0 Å². The molecular formula is C38H69NO13. The van der Waals surface area contributed by atoms with Crippen LogP contribution in [0.4, 0.5) is 0 Å². The number of methoxy groups -OCH3 is 1. The average Bonchev–Trinajstić information content (AvgIpc) is 3.06. The van der Waals surface area contributed by atoms with Gasteiger partial charge in [0.25, 0.3) is 0 Å². The highest BCUT2D eigenvalue weighted by molar-refractivity contribution is 5.73. The lowest BCUT2D eigenvalue weighted by molar-refractivity contribution is -0.318. The summed E-state index contributed by atoms with van der Waals surface area (Å²) in [5.74, 6) is -4.77. The Morgan fingerprint density at radius 3 is 2.08 bits per heavy atom. The molecule has 19 atom stereocenters. The number of aldehydes is 1. The Morgan fingerprint density at radius 2 is 1.54 bits per heavy atom. The molecule has 0 spiro atoms. The molecule has 14 nitrogen and oxygen atoms in total. The van der Waals surface area contributed by atoms with E-state index < -0.39 is 108 Å².